The molecule has 10 heteroatoms. The molecular weight excluding hydrogens is 625 g/mol. The van der Waals surface area contributed by atoms with Gasteiger partial charge in [0, 0.05) is 0 Å². The number of halogens is 3. The summed E-state index contributed by atoms with van der Waals surface area (Å²) in [6.07, 6.45) is -1.84. The topological polar surface area (TPSA) is 79.2 Å². The minimum Gasteiger partial charge on any atom is -0.445 e. The summed E-state index contributed by atoms with van der Waals surface area (Å²) in [7, 11) is 0. The Morgan fingerprint density at radius 1 is 0.773 bits per heavy atom. The van der Waals surface area contributed by atoms with Crippen molar-refractivity contribution in [2.75, 3.05) is 6.61 Å². The normalized spacial score (nSPS) is 24.5. The van der Waals surface area contributed by atoms with Crippen LogP contribution in [0.4, 0.5) is 0 Å². The molecule has 0 bridgehead atoms. The number of nitrogens with one attached hydrogen (secondary N) is 1. The Kier molecular flexibility index (Phi) is 12.0. The van der Waals surface area contributed by atoms with Gasteiger partial charge in [-0.25, -0.2) is 0 Å². The van der Waals surface area contributed by atoms with E-state index in [1.807, 2.05) is 97.9 Å². The predicted octanol–water partition coefficient (Wildman–Crippen LogP) is 7.65. The van der Waals surface area contributed by atoms with Gasteiger partial charge in [-0.2, -0.15) is 0 Å². The van der Waals surface area contributed by atoms with Gasteiger partial charge in [-0.3, -0.25) is 5.41 Å². The molecule has 0 aromatic heterocycles. The van der Waals surface area contributed by atoms with Crippen LogP contribution < -0.4 is 0 Å². The zero-order chi connectivity index (χ0) is 30.9. The number of rotatable bonds is 14. The molecule has 44 heavy (non-hydrogen) atoms. The van der Waals surface area contributed by atoms with Crippen molar-refractivity contribution in [1.29, 1.82) is 5.41 Å². The zero-order valence-electron chi connectivity index (χ0n) is 24.5. The maximum Gasteiger partial charge on any atom is 0.265 e. The van der Waals surface area contributed by atoms with Crippen LogP contribution in [-0.4, -0.2) is 53.1 Å². The molecule has 0 spiro atoms. The van der Waals surface area contributed by atoms with Crippen LogP contribution in [0.25, 0.3) is 0 Å². The molecule has 2 aliphatic rings. The van der Waals surface area contributed by atoms with Crippen LogP contribution in [0.15, 0.2) is 91.0 Å². The van der Waals surface area contributed by atoms with E-state index in [-0.39, 0.29) is 12.7 Å². The first-order valence-corrected chi connectivity index (χ1v) is 16.0. The van der Waals surface area contributed by atoms with Crippen LogP contribution >= 0.6 is 34.8 Å². The molecule has 3 aromatic carbocycles. The Balaban J connectivity index is 1.45. The summed E-state index contributed by atoms with van der Waals surface area (Å²) >= 11 is 18.1. The van der Waals surface area contributed by atoms with Gasteiger partial charge in [-0.05, 0) is 42.4 Å². The molecule has 5 rings (SSSR count). The molecule has 236 valence electrons. The minimum absolute atomic E-state index is 0.111. The molecule has 0 radical (unpaired) electrons. The predicted molar refractivity (Wildman–Crippen MR) is 171 cm³/mol. The molecule has 2 unspecified atom stereocenters. The smallest absolute Gasteiger partial charge is 0.265 e. The lowest BCUT2D eigenvalue weighted by Crippen LogP contribution is -2.63. The second-order valence-corrected chi connectivity index (χ2v) is 13.4. The molecule has 1 N–H and O–H groups in total. The van der Waals surface area contributed by atoms with E-state index in [1.54, 1.807) is 0 Å². The lowest BCUT2D eigenvalue weighted by Gasteiger charge is -2.46. The van der Waals surface area contributed by atoms with E-state index in [0.29, 0.717) is 25.7 Å². The number of ether oxygens (including phenoxy) is 6. The summed E-state index contributed by atoms with van der Waals surface area (Å²) in [6.45, 7) is 3.16. The highest BCUT2D eigenvalue weighted by molar-refractivity contribution is 6.76. The van der Waals surface area contributed by atoms with E-state index in [2.05, 4.69) is 0 Å². The van der Waals surface area contributed by atoms with Crippen LogP contribution in [0.1, 0.15) is 36.5 Å². The molecule has 1 saturated heterocycles. The van der Waals surface area contributed by atoms with E-state index in [4.69, 9.17) is 68.6 Å². The average molecular weight is 663 g/mol. The molecule has 1 aliphatic carbocycles. The molecule has 6 atom stereocenters. The van der Waals surface area contributed by atoms with E-state index in [1.165, 1.54) is 0 Å². The quantitative estimate of drug-likeness (QED) is 0.109. The summed E-state index contributed by atoms with van der Waals surface area (Å²) in [5.41, 5.74) is 3.00. The van der Waals surface area contributed by atoms with Gasteiger partial charge >= 0.3 is 0 Å². The molecule has 0 amide bonds. The maximum atomic E-state index is 8.35. The first-order chi connectivity index (χ1) is 21.3. The largest absolute Gasteiger partial charge is 0.445 e. The standard InChI is InChI=1S/C34H38Cl3NO6/c1-23(27-17-18-27)42-31-30(41-21-26-15-9-4-10-16-26)29(40-20-25-13-7-3-8-14-25)28(22-39-19-24-11-5-2-6-12-24)43-32(31)44-33(38)34(35,36)37/h2-16,23,27-32,38H,17-22H2,1H3/t23?,28-,29-,30+,31-,32?/m1/s1. The Labute approximate surface area is 274 Å². The van der Waals surface area contributed by atoms with Crippen LogP contribution in [0.5, 0.6) is 0 Å². The number of hydrogen-bond donors (Lipinski definition) is 1. The second kappa shape index (κ2) is 15.9. The van der Waals surface area contributed by atoms with Crippen molar-refractivity contribution in [3.05, 3.63) is 108 Å². The molecular formula is C34H38Cl3NO6. The van der Waals surface area contributed by atoms with Gasteiger partial charge in [-0.1, -0.05) is 126 Å². The summed E-state index contributed by atoms with van der Waals surface area (Å²) in [4.78, 5) is 0. The van der Waals surface area contributed by atoms with E-state index in [9.17, 15) is 0 Å². The van der Waals surface area contributed by atoms with Gasteiger partial charge in [0.05, 0.1) is 32.5 Å². The molecule has 1 heterocycles. The fourth-order valence-corrected chi connectivity index (χ4v) is 5.28. The highest BCUT2D eigenvalue weighted by Gasteiger charge is 2.52. The average Bonchev–Trinajstić information content (AvgIpc) is 3.88. The lowest BCUT2D eigenvalue weighted by molar-refractivity contribution is -0.317. The van der Waals surface area contributed by atoms with Crippen LogP contribution in [-0.2, 0) is 48.2 Å². The maximum absolute atomic E-state index is 8.35. The van der Waals surface area contributed by atoms with Gasteiger partial charge in [-0.15, -0.1) is 0 Å². The van der Waals surface area contributed by atoms with Crippen LogP contribution in [0.2, 0.25) is 0 Å². The van der Waals surface area contributed by atoms with Crippen molar-refractivity contribution in [2.24, 2.45) is 5.92 Å². The molecule has 1 saturated carbocycles. The highest BCUT2D eigenvalue weighted by atomic mass is 35.6. The fourth-order valence-electron chi connectivity index (χ4n) is 5.15. The van der Waals surface area contributed by atoms with Crippen molar-refractivity contribution in [3.63, 3.8) is 0 Å². The molecule has 2 fully saturated rings. The highest BCUT2D eigenvalue weighted by Crippen LogP contribution is 2.39. The molecule has 7 nitrogen and oxygen atoms in total. The third-order valence-corrected chi connectivity index (χ3v) is 8.22. The van der Waals surface area contributed by atoms with Crippen molar-refractivity contribution >= 4 is 40.7 Å². The van der Waals surface area contributed by atoms with Crippen molar-refractivity contribution in [2.45, 2.75) is 80.2 Å². The first kappa shape index (κ1) is 33.2. The Hall–Kier alpha value is -2.20. The summed E-state index contributed by atoms with van der Waals surface area (Å²) in [5, 5.41) is 8.35. The van der Waals surface area contributed by atoms with Crippen molar-refractivity contribution in [1.82, 2.24) is 0 Å². The van der Waals surface area contributed by atoms with Gasteiger partial charge in [0.15, 0.2) is 0 Å². The third-order valence-electron chi connectivity index (χ3n) is 7.70. The van der Waals surface area contributed by atoms with Crippen molar-refractivity contribution in [3.8, 4) is 0 Å². The number of benzene rings is 3. The van der Waals surface area contributed by atoms with Gasteiger partial charge in [0.1, 0.15) is 24.4 Å². The zero-order valence-corrected chi connectivity index (χ0v) is 26.8. The monoisotopic (exact) mass is 661 g/mol. The van der Waals surface area contributed by atoms with E-state index in [0.717, 1.165) is 29.5 Å². The molecule has 1 aliphatic heterocycles. The van der Waals surface area contributed by atoms with Crippen molar-refractivity contribution < 1.29 is 28.4 Å². The first-order valence-electron chi connectivity index (χ1n) is 14.8. The van der Waals surface area contributed by atoms with Crippen LogP contribution in [0.3, 0.4) is 0 Å². The Morgan fingerprint density at radius 3 is 1.77 bits per heavy atom. The Morgan fingerprint density at radius 2 is 1.27 bits per heavy atom. The van der Waals surface area contributed by atoms with Gasteiger partial charge in [0.25, 0.3) is 3.79 Å². The summed E-state index contributed by atoms with van der Waals surface area (Å²) < 4.78 is 36.3. The lowest BCUT2D eigenvalue weighted by atomic mass is 9.97. The molecule has 3 aromatic rings. The van der Waals surface area contributed by atoms with E-state index < -0.39 is 40.4 Å². The minimum atomic E-state index is -2.09. The number of alkyl halides is 3. The Bertz CT molecular complexity index is 1290. The van der Waals surface area contributed by atoms with Crippen LogP contribution in [0, 0.1) is 11.3 Å². The summed E-state index contributed by atoms with van der Waals surface area (Å²) in [6, 6.07) is 29.6. The van der Waals surface area contributed by atoms with Gasteiger partial charge in [0.2, 0.25) is 12.2 Å². The third kappa shape index (κ3) is 9.65. The number of hydrogen-bond acceptors (Lipinski definition) is 7. The summed E-state index contributed by atoms with van der Waals surface area (Å²) in [5.74, 6) is -0.164. The van der Waals surface area contributed by atoms with Gasteiger partial charge < -0.3 is 28.4 Å². The second-order valence-electron chi connectivity index (χ2n) is 11.2. The van der Waals surface area contributed by atoms with E-state index >= 15 is 0 Å². The fraction of sp³-hybridized carbons (Fsp3) is 0.441. The SMILES string of the molecule is CC(O[C@H]1C(OC(=N)C(Cl)(Cl)Cl)O[C@H](COCc2ccccc2)[C@@H](OCc2ccccc2)[C@@H]1OCc1ccccc1)C1CC1.